The molecule has 0 spiro atoms. The average molecular weight is 309 g/mol. The van der Waals surface area contributed by atoms with Gasteiger partial charge in [0.15, 0.2) is 0 Å². The second-order valence-electron chi connectivity index (χ2n) is 5.95. The number of anilines is 1. The number of para-hydroxylation sites is 1. The van der Waals surface area contributed by atoms with E-state index in [4.69, 9.17) is 0 Å². The first-order valence-corrected chi connectivity index (χ1v) is 8.22. The molecule has 1 aliphatic heterocycles. The van der Waals surface area contributed by atoms with E-state index in [1.807, 2.05) is 17.8 Å². The topological polar surface area (TPSA) is 58.4 Å². The van der Waals surface area contributed by atoms with Crippen molar-refractivity contribution in [1.82, 2.24) is 4.90 Å². The molecule has 0 radical (unpaired) electrons. The van der Waals surface area contributed by atoms with Crippen LogP contribution in [0.15, 0.2) is 18.2 Å². The molecule has 21 heavy (non-hydrogen) atoms. The van der Waals surface area contributed by atoms with Crippen LogP contribution in [-0.2, 0) is 6.54 Å². The molecule has 1 saturated heterocycles. The fourth-order valence-electron chi connectivity index (χ4n) is 2.62. The molecule has 1 aliphatic rings. The molecule has 0 unspecified atom stereocenters. The molecule has 2 rings (SSSR count). The maximum absolute atomic E-state index is 11.1. The van der Waals surface area contributed by atoms with E-state index < -0.39 is 0 Å². The number of benzene rings is 1. The zero-order valence-corrected chi connectivity index (χ0v) is 13.7. The number of nitrogens with one attached hydrogen (secondary N) is 1. The molecule has 0 bridgehead atoms. The Kier molecular flexibility index (Phi) is 5.11. The monoisotopic (exact) mass is 309 g/mol. The zero-order valence-electron chi connectivity index (χ0n) is 12.9. The van der Waals surface area contributed by atoms with E-state index in [9.17, 15) is 10.1 Å². The van der Waals surface area contributed by atoms with E-state index in [1.54, 1.807) is 19.2 Å². The molecule has 6 heteroatoms. The van der Waals surface area contributed by atoms with Gasteiger partial charge in [-0.05, 0) is 18.5 Å². The minimum absolute atomic E-state index is 0.152. The standard InChI is InChI=1S/C15H23N3O2S/c1-15(2)7-8-17(9-10-21-15)11-12-5-4-6-13(18(19)20)14(12)16-3/h4-6,16H,7-11H2,1-3H3. The number of thioether (sulfide) groups is 1. The molecule has 0 aromatic heterocycles. The number of nitro groups is 1. The summed E-state index contributed by atoms with van der Waals surface area (Å²) in [6.45, 7) is 7.39. The van der Waals surface area contributed by atoms with Crippen molar-refractivity contribution in [1.29, 1.82) is 0 Å². The van der Waals surface area contributed by atoms with Crippen LogP contribution in [0.2, 0.25) is 0 Å². The second-order valence-corrected chi connectivity index (χ2v) is 7.75. The van der Waals surface area contributed by atoms with Gasteiger partial charge in [0.05, 0.1) is 4.92 Å². The van der Waals surface area contributed by atoms with E-state index in [2.05, 4.69) is 24.1 Å². The lowest BCUT2D eigenvalue weighted by molar-refractivity contribution is -0.384. The summed E-state index contributed by atoms with van der Waals surface area (Å²) in [4.78, 5) is 13.2. The summed E-state index contributed by atoms with van der Waals surface area (Å²) in [5.74, 6) is 1.11. The number of hydrogen-bond acceptors (Lipinski definition) is 5. The Morgan fingerprint density at radius 3 is 2.86 bits per heavy atom. The minimum Gasteiger partial charge on any atom is -0.382 e. The highest BCUT2D eigenvalue weighted by molar-refractivity contribution is 8.00. The Labute approximate surface area is 130 Å². The van der Waals surface area contributed by atoms with Gasteiger partial charge in [-0.15, -0.1) is 0 Å². The second kappa shape index (κ2) is 6.66. The van der Waals surface area contributed by atoms with E-state index in [0.717, 1.165) is 37.4 Å². The van der Waals surface area contributed by atoms with Crippen LogP contribution in [0.1, 0.15) is 25.8 Å². The molecule has 1 aromatic rings. The number of rotatable bonds is 4. The molecule has 1 heterocycles. The van der Waals surface area contributed by atoms with Crippen molar-refractivity contribution in [2.75, 3.05) is 31.2 Å². The van der Waals surface area contributed by atoms with Crippen LogP contribution in [-0.4, -0.2) is 40.5 Å². The van der Waals surface area contributed by atoms with Gasteiger partial charge in [-0.2, -0.15) is 11.8 Å². The van der Waals surface area contributed by atoms with Crippen LogP contribution in [0.3, 0.4) is 0 Å². The lowest BCUT2D eigenvalue weighted by Crippen LogP contribution is -2.27. The SMILES string of the molecule is CNc1c(CN2CCSC(C)(C)CC2)cccc1[N+](=O)[O-]. The molecule has 5 nitrogen and oxygen atoms in total. The molecule has 0 aliphatic carbocycles. The van der Waals surface area contributed by atoms with Crippen molar-refractivity contribution in [3.05, 3.63) is 33.9 Å². The maximum Gasteiger partial charge on any atom is 0.292 e. The Hall–Kier alpha value is -1.27. The lowest BCUT2D eigenvalue weighted by atomic mass is 10.1. The molecule has 1 fully saturated rings. The number of nitro benzene ring substituents is 1. The summed E-state index contributed by atoms with van der Waals surface area (Å²) in [6.07, 6.45) is 1.14. The zero-order chi connectivity index (χ0) is 15.5. The van der Waals surface area contributed by atoms with Gasteiger partial charge in [0, 0.05) is 36.7 Å². The smallest absolute Gasteiger partial charge is 0.292 e. The minimum atomic E-state index is -0.323. The molecule has 1 aromatic carbocycles. The normalized spacial score (nSPS) is 19.0. The summed E-state index contributed by atoms with van der Waals surface area (Å²) in [7, 11) is 1.74. The van der Waals surface area contributed by atoms with Crippen molar-refractivity contribution < 1.29 is 4.92 Å². The molecule has 0 atom stereocenters. The van der Waals surface area contributed by atoms with Crippen molar-refractivity contribution in [2.24, 2.45) is 0 Å². The van der Waals surface area contributed by atoms with Crippen LogP contribution in [0.4, 0.5) is 11.4 Å². The predicted molar refractivity (Wildman–Crippen MR) is 89.1 cm³/mol. The highest BCUT2D eigenvalue weighted by Gasteiger charge is 2.25. The molecule has 0 amide bonds. The van der Waals surface area contributed by atoms with Gasteiger partial charge in [0.25, 0.3) is 5.69 Å². The first-order valence-electron chi connectivity index (χ1n) is 7.23. The Bertz CT molecular complexity index is 520. The molecular weight excluding hydrogens is 286 g/mol. The third kappa shape index (κ3) is 4.11. The first-order chi connectivity index (χ1) is 9.93. The Morgan fingerprint density at radius 1 is 1.43 bits per heavy atom. The van der Waals surface area contributed by atoms with Gasteiger partial charge in [-0.25, -0.2) is 0 Å². The lowest BCUT2D eigenvalue weighted by Gasteiger charge is -2.23. The third-order valence-electron chi connectivity index (χ3n) is 3.90. The van der Waals surface area contributed by atoms with Gasteiger partial charge in [0.2, 0.25) is 0 Å². The van der Waals surface area contributed by atoms with Gasteiger partial charge >= 0.3 is 0 Å². The van der Waals surface area contributed by atoms with Crippen molar-refractivity contribution >= 4 is 23.1 Å². The Balaban J connectivity index is 2.16. The van der Waals surface area contributed by atoms with Crippen molar-refractivity contribution in [2.45, 2.75) is 31.6 Å². The van der Waals surface area contributed by atoms with Crippen LogP contribution in [0.25, 0.3) is 0 Å². The largest absolute Gasteiger partial charge is 0.382 e. The average Bonchev–Trinajstić information content (AvgIpc) is 2.60. The van der Waals surface area contributed by atoms with Crippen LogP contribution in [0.5, 0.6) is 0 Å². The predicted octanol–water partition coefficient (Wildman–Crippen LogP) is 3.35. The first kappa shape index (κ1) is 16.1. The van der Waals surface area contributed by atoms with E-state index in [-0.39, 0.29) is 10.6 Å². The van der Waals surface area contributed by atoms with E-state index in [0.29, 0.717) is 10.4 Å². The summed E-state index contributed by atoms with van der Waals surface area (Å²) in [6, 6.07) is 5.30. The third-order valence-corrected chi connectivity index (χ3v) is 5.27. The van der Waals surface area contributed by atoms with Gasteiger partial charge in [-0.3, -0.25) is 15.0 Å². The number of nitrogens with zero attached hydrogens (tertiary/aromatic N) is 2. The summed E-state index contributed by atoms with van der Waals surface area (Å²) < 4.78 is 0.323. The summed E-state index contributed by atoms with van der Waals surface area (Å²) in [5.41, 5.74) is 1.79. The molecule has 116 valence electrons. The summed E-state index contributed by atoms with van der Waals surface area (Å²) >= 11 is 2.01. The number of hydrogen-bond donors (Lipinski definition) is 1. The Morgan fingerprint density at radius 2 is 2.19 bits per heavy atom. The fraction of sp³-hybridized carbons (Fsp3) is 0.600. The van der Waals surface area contributed by atoms with Crippen LogP contribution in [0, 0.1) is 10.1 Å². The highest BCUT2D eigenvalue weighted by Crippen LogP contribution is 2.33. The van der Waals surface area contributed by atoms with Crippen molar-refractivity contribution in [3.8, 4) is 0 Å². The summed E-state index contributed by atoms with van der Waals surface area (Å²) in [5, 5.41) is 14.1. The molecular formula is C15H23N3O2S. The van der Waals surface area contributed by atoms with E-state index in [1.165, 1.54) is 0 Å². The van der Waals surface area contributed by atoms with E-state index >= 15 is 0 Å². The van der Waals surface area contributed by atoms with Crippen LogP contribution < -0.4 is 5.32 Å². The van der Waals surface area contributed by atoms with Crippen molar-refractivity contribution in [3.63, 3.8) is 0 Å². The fourth-order valence-corrected chi connectivity index (χ4v) is 3.76. The van der Waals surface area contributed by atoms with Gasteiger partial charge in [0.1, 0.15) is 5.69 Å². The quantitative estimate of drug-likeness (QED) is 0.683. The van der Waals surface area contributed by atoms with Gasteiger partial charge < -0.3 is 5.32 Å². The maximum atomic E-state index is 11.1. The molecule has 1 N–H and O–H groups in total. The molecule has 0 saturated carbocycles. The van der Waals surface area contributed by atoms with Crippen LogP contribution >= 0.6 is 11.8 Å². The highest BCUT2D eigenvalue weighted by atomic mass is 32.2. The van der Waals surface area contributed by atoms with Gasteiger partial charge in [-0.1, -0.05) is 26.0 Å².